The van der Waals surface area contributed by atoms with Crippen LogP contribution in [-0.2, 0) is 6.42 Å². The lowest BCUT2D eigenvalue weighted by molar-refractivity contribution is 0.106. The van der Waals surface area contributed by atoms with Gasteiger partial charge in [-0.05, 0) is 17.7 Å². The molecule has 1 aliphatic carbocycles. The largest absolute Gasteiger partial charge is 0.508 e. The molecule has 0 unspecified atom stereocenters. The van der Waals surface area contributed by atoms with Crippen molar-refractivity contribution in [3.05, 3.63) is 65.0 Å². The van der Waals surface area contributed by atoms with Crippen LogP contribution in [0, 0.1) is 0 Å². The summed E-state index contributed by atoms with van der Waals surface area (Å²) in [5.41, 5.74) is 6.66. The maximum atomic E-state index is 12.3. The number of carbonyl (C=O) groups is 1. The lowest BCUT2D eigenvalue weighted by Gasteiger charge is -1.98. The van der Waals surface area contributed by atoms with Gasteiger partial charge < -0.3 is 5.11 Å². The van der Waals surface area contributed by atoms with E-state index in [1.165, 1.54) is 11.3 Å². The Labute approximate surface area is 142 Å². The van der Waals surface area contributed by atoms with E-state index in [0.717, 1.165) is 22.4 Å². The Morgan fingerprint density at radius 2 is 2.04 bits per heavy atom. The Balaban J connectivity index is 1.53. The molecule has 0 bridgehead atoms. The van der Waals surface area contributed by atoms with E-state index in [1.807, 2.05) is 35.7 Å². The SMILES string of the molecule is O=C1C(=NNc2nc(-c3cccc(O)c3)cs2)Cc2ccccc21. The van der Waals surface area contributed by atoms with Crippen LogP contribution in [0.5, 0.6) is 5.75 Å². The van der Waals surface area contributed by atoms with Gasteiger partial charge >= 0.3 is 0 Å². The fraction of sp³-hybridized carbons (Fsp3) is 0.0556. The quantitative estimate of drug-likeness (QED) is 0.715. The summed E-state index contributed by atoms with van der Waals surface area (Å²) < 4.78 is 0. The van der Waals surface area contributed by atoms with Crippen LogP contribution < -0.4 is 5.43 Å². The normalized spacial score (nSPS) is 14.8. The van der Waals surface area contributed by atoms with Crippen LogP contribution in [0.25, 0.3) is 11.3 Å². The number of Topliss-reactive ketones (excluding diaryl/α,β-unsaturated/α-hetero) is 1. The van der Waals surface area contributed by atoms with Crippen molar-refractivity contribution in [2.24, 2.45) is 5.10 Å². The van der Waals surface area contributed by atoms with E-state index in [9.17, 15) is 9.90 Å². The van der Waals surface area contributed by atoms with Crippen LogP contribution in [0.4, 0.5) is 5.13 Å². The van der Waals surface area contributed by atoms with Crippen molar-refractivity contribution in [1.29, 1.82) is 0 Å². The number of carbonyl (C=O) groups excluding carboxylic acids is 1. The van der Waals surface area contributed by atoms with E-state index in [0.29, 0.717) is 17.3 Å². The molecule has 0 spiro atoms. The van der Waals surface area contributed by atoms with E-state index >= 15 is 0 Å². The van der Waals surface area contributed by atoms with E-state index in [1.54, 1.807) is 18.2 Å². The number of aromatic hydroxyl groups is 1. The van der Waals surface area contributed by atoms with Gasteiger partial charge in [-0.25, -0.2) is 4.98 Å². The number of thiazole rings is 1. The maximum Gasteiger partial charge on any atom is 0.209 e. The second kappa shape index (κ2) is 5.90. The highest BCUT2D eigenvalue weighted by molar-refractivity contribution is 7.14. The standard InChI is InChI=1S/C18H13N3O2S/c22-13-6-3-5-12(8-13)16-10-24-18(19-16)21-20-15-9-11-4-1-2-7-14(11)17(15)23/h1-8,10,22H,9H2,(H,19,21). The number of aromatic nitrogens is 1. The number of phenols is 1. The molecule has 2 aromatic carbocycles. The summed E-state index contributed by atoms with van der Waals surface area (Å²) >= 11 is 1.40. The molecule has 2 N–H and O–H groups in total. The zero-order valence-corrected chi connectivity index (χ0v) is 13.4. The van der Waals surface area contributed by atoms with Gasteiger partial charge in [-0.3, -0.25) is 10.2 Å². The first-order valence-corrected chi connectivity index (χ1v) is 8.29. The predicted octanol–water partition coefficient (Wildman–Crippen LogP) is 3.72. The molecule has 3 aromatic rings. The first-order valence-electron chi connectivity index (χ1n) is 7.41. The number of nitrogens with one attached hydrogen (secondary N) is 1. The summed E-state index contributed by atoms with van der Waals surface area (Å²) in [5.74, 6) is 0.160. The fourth-order valence-electron chi connectivity index (χ4n) is 2.64. The minimum atomic E-state index is -0.0390. The first kappa shape index (κ1) is 14.6. The van der Waals surface area contributed by atoms with Crippen LogP contribution in [0.2, 0.25) is 0 Å². The third kappa shape index (κ3) is 2.68. The van der Waals surface area contributed by atoms with Crippen LogP contribution >= 0.6 is 11.3 Å². The minimum Gasteiger partial charge on any atom is -0.508 e. The zero-order chi connectivity index (χ0) is 16.5. The van der Waals surface area contributed by atoms with E-state index in [-0.39, 0.29) is 11.5 Å². The van der Waals surface area contributed by atoms with Gasteiger partial charge in [0.2, 0.25) is 10.9 Å². The third-order valence-electron chi connectivity index (χ3n) is 3.81. The molecule has 0 atom stereocenters. The predicted molar refractivity (Wildman–Crippen MR) is 94.7 cm³/mol. The first-order chi connectivity index (χ1) is 11.7. The molecule has 0 radical (unpaired) electrons. The topological polar surface area (TPSA) is 74.6 Å². The summed E-state index contributed by atoms with van der Waals surface area (Å²) in [6, 6.07) is 14.5. The van der Waals surface area contributed by atoms with Crippen molar-refractivity contribution in [3.8, 4) is 17.0 Å². The average Bonchev–Trinajstić information content (AvgIpc) is 3.19. The van der Waals surface area contributed by atoms with Gasteiger partial charge in [0.15, 0.2) is 0 Å². The molecule has 0 amide bonds. The Morgan fingerprint density at radius 3 is 2.88 bits per heavy atom. The summed E-state index contributed by atoms with van der Waals surface area (Å²) in [5, 5.41) is 16.3. The highest BCUT2D eigenvalue weighted by Gasteiger charge is 2.25. The molecule has 0 saturated heterocycles. The van der Waals surface area contributed by atoms with E-state index in [4.69, 9.17) is 0 Å². The highest BCUT2D eigenvalue weighted by atomic mass is 32.1. The van der Waals surface area contributed by atoms with Gasteiger partial charge in [-0.1, -0.05) is 36.4 Å². The number of phenolic OH excluding ortho intramolecular Hbond substituents is 1. The summed E-state index contributed by atoms with van der Waals surface area (Å²) in [6.45, 7) is 0. The van der Waals surface area contributed by atoms with Gasteiger partial charge in [-0.15, -0.1) is 11.3 Å². The molecule has 1 heterocycles. The lowest BCUT2D eigenvalue weighted by Crippen LogP contribution is -2.10. The molecule has 0 fully saturated rings. The minimum absolute atomic E-state index is 0.0390. The molecule has 24 heavy (non-hydrogen) atoms. The highest BCUT2D eigenvalue weighted by Crippen LogP contribution is 2.27. The number of fused-ring (bicyclic) bond motifs is 1. The van der Waals surface area contributed by atoms with Crippen molar-refractivity contribution in [2.75, 3.05) is 5.43 Å². The fourth-order valence-corrected chi connectivity index (χ4v) is 3.30. The van der Waals surface area contributed by atoms with Crippen molar-refractivity contribution >= 4 is 28.0 Å². The van der Waals surface area contributed by atoms with Crippen LogP contribution in [-0.4, -0.2) is 21.6 Å². The molecule has 6 heteroatoms. The van der Waals surface area contributed by atoms with Gasteiger partial charge in [0.05, 0.1) is 5.69 Å². The maximum absolute atomic E-state index is 12.3. The van der Waals surface area contributed by atoms with Gasteiger partial charge in [0.25, 0.3) is 0 Å². The number of hydrogen-bond donors (Lipinski definition) is 2. The third-order valence-corrected chi connectivity index (χ3v) is 4.56. The molecular formula is C18H13N3O2S. The molecule has 5 nitrogen and oxygen atoms in total. The molecular weight excluding hydrogens is 322 g/mol. The summed E-state index contributed by atoms with van der Waals surface area (Å²) in [4.78, 5) is 16.7. The van der Waals surface area contributed by atoms with Crippen molar-refractivity contribution < 1.29 is 9.90 Å². The monoisotopic (exact) mass is 335 g/mol. The number of hydrogen-bond acceptors (Lipinski definition) is 6. The Hall–Kier alpha value is -2.99. The molecule has 0 saturated carbocycles. The molecule has 0 aliphatic heterocycles. The van der Waals surface area contributed by atoms with Crippen molar-refractivity contribution in [2.45, 2.75) is 6.42 Å². The number of rotatable bonds is 3. The second-order valence-electron chi connectivity index (χ2n) is 5.42. The Bertz CT molecular complexity index is 962. The lowest BCUT2D eigenvalue weighted by atomic mass is 10.1. The van der Waals surface area contributed by atoms with Crippen LogP contribution in [0.3, 0.4) is 0 Å². The summed E-state index contributed by atoms with van der Waals surface area (Å²) in [6.07, 6.45) is 0.535. The number of anilines is 1. The Kier molecular flexibility index (Phi) is 3.59. The van der Waals surface area contributed by atoms with E-state index in [2.05, 4.69) is 15.5 Å². The summed E-state index contributed by atoms with van der Waals surface area (Å²) in [7, 11) is 0. The smallest absolute Gasteiger partial charge is 0.209 e. The second-order valence-corrected chi connectivity index (χ2v) is 6.28. The average molecular weight is 335 g/mol. The van der Waals surface area contributed by atoms with Gasteiger partial charge in [0, 0.05) is 22.9 Å². The van der Waals surface area contributed by atoms with Crippen LogP contribution in [0.1, 0.15) is 15.9 Å². The number of benzene rings is 2. The van der Waals surface area contributed by atoms with Crippen molar-refractivity contribution in [1.82, 2.24) is 4.98 Å². The van der Waals surface area contributed by atoms with Crippen molar-refractivity contribution in [3.63, 3.8) is 0 Å². The van der Waals surface area contributed by atoms with E-state index < -0.39 is 0 Å². The number of ketones is 1. The Morgan fingerprint density at radius 1 is 1.17 bits per heavy atom. The molecule has 4 rings (SSSR count). The number of hydrazone groups is 1. The van der Waals surface area contributed by atoms with Crippen LogP contribution in [0.15, 0.2) is 59.0 Å². The molecule has 118 valence electrons. The zero-order valence-electron chi connectivity index (χ0n) is 12.6. The molecule has 1 aromatic heterocycles. The molecule has 1 aliphatic rings. The van der Waals surface area contributed by atoms with Gasteiger partial charge in [0.1, 0.15) is 11.5 Å². The number of nitrogens with zero attached hydrogens (tertiary/aromatic N) is 2. The van der Waals surface area contributed by atoms with Gasteiger partial charge in [-0.2, -0.15) is 5.10 Å².